The average Bonchev–Trinajstić information content (AvgIpc) is 2.87. The minimum Gasteiger partial charge on any atom is -0.454 e. The van der Waals surface area contributed by atoms with E-state index < -0.39 is 0 Å². The Morgan fingerprint density at radius 2 is 2.10 bits per heavy atom. The molecule has 5 nitrogen and oxygen atoms in total. The van der Waals surface area contributed by atoms with E-state index in [1.165, 1.54) is 6.92 Å². The van der Waals surface area contributed by atoms with Gasteiger partial charge < -0.3 is 14.8 Å². The third kappa shape index (κ3) is 2.39. The molecule has 1 aromatic carbocycles. The first-order chi connectivity index (χ1) is 9.63. The third-order valence-electron chi connectivity index (χ3n) is 3.45. The number of carbonyl (C=O) groups excluding carboxylic acids is 2. The van der Waals surface area contributed by atoms with Crippen LogP contribution < -0.4 is 14.8 Å². The van der Waals surface area contributed by atoms with Gasteiger partial charge >= 0.3 is 0 Å². The third-order valence-corrected chi connectivity index (χ3v) is 3.45. The first-order valence-electron chi connectivity index (χ1n) is 6.55. The van der Waals surface area contributed by atoms with Crippen LogP contribution in [-0.2, 0) is 9.59 Å². The fourth-order valence-corrected chi connectivity index (χ4v) is 2.54. The quantitative estimate of drug-likeness (QED) is 0.890. The maximum absolute atomic E-state index is 11.7. The normalized spacial score (nSPS) is 20.6. The predicted octanol–water partition coefficient (Wildman–Crippen LogP) is 1.67. The monoisotopic (exact) mass is 273 g/mol. The summed E-state index contributed by atoms with van der Waals surface area (Å²) >= 11 is 0. The Morgan fingerprint density at radius 1 is 1.30 bits per heavy atom. The van der Waals surface area contributed by atoms with Crippen LogP contribution in [0.2, 0.25) is 0 Å². The lowest BCUT2D eigenvalue weighted by molar-refractivity contribution is -0.120. The molecule has 104 valence electrons. The maximum atomic E-state index is 11.7. The molecule has 5 heteroatoms. The molecule has 1 heterocycles. The Kier molecular flexibility index (Phi) is 3.18. The van der Waals surface area contributed by atoms with Crippen molar-refractivity contribution in [3.05, 3.63) is 29.8 Å². The van der Waals surface area contributed by atoms with E-state index in [0.29, 0.717) is 24.3 Å². The molecule has 0 saturated carbocycles. The van der Waals surface area contributed by atoms with Crippen molar-refractivity contribution >= 4 is 17.3 Å². The summed E-state index contributed by atoms with van der Waals surface area (Å²) in [5.74, 6) is 1.35. The molecule has 0 aromatic heterocycles. The lowest BCUT2D eigenvalue weighted by Crippen LogP contribution is -2.36. The Morgan fingerprint density at radius 3 is 2.90 bits per heavy atom. The number of fused-ring (bicyclic) bond motifs is 1. The minimum atomic E-state index is -0.134. The number of hydrogen-bond donors (Lipinski definition) is 1. The second-order valence-electron chi connectivity index (χ2n) is 4.93. The highest BCUT2D eigenvalue weighted by molar-refractivity contribution is 6.00. The van der Waals surface area contributed by atoms with Gasteiger partial charge in [0.25, 0.3) is 0 Å². The number of rotatable bonds is 2. The van der Waals surface area contributed by atoms with Gasteiger partial charge in [0.2, 0.25) is 12.7 Å². The minimum absolute atomic E-state index is 0.0827. The van der Waals surface area contributed by atoms with Crippen LogP contribution in [0.15, 0.2) is 24.3 Å². The largest absolute Gasteiger partial charge is 0.454 e. The zero-order chi connectivity index (χ0) is 14.1. The highest BCUT2D eigenvalue weighted by atomic mass is 16.7. The lowest BCUT2D eigenvalue weighted by atomic mass is 9.88. The fourth-order valence-electron chi connectivity index (χ4n) is 2.54. The topological polar surface area (TPSA) is 64.6 Å². The molecule has 0 saturated heterocycles. The zero-order valence-electron chi connectivity index (χ0n) is 11.1. The van der Waals surface area contributed by atoms with Crippen LogP contribution in [0, 0.1) is 0 Å². The summed E-state index contributed by atoms with van der Waals surface area (Å²) in [7, 11) is 0. The molecule has 3 rings (SSSR count). The summed E-state index contributed by atoms with van der Waals surface area (Å²) in [6.07, 6.45) is 2.69. The van der Waals surface area contributed by atoms with E-state index in [1.54, 1.807) is 6.08 Å². The van der Waals surface area contributed by atoms with Gasteiger partial charge in [-0.2, -0.15) is 0 Å². The van der Waals surface area contributed by atoms with E-state index in [2.05, 4.69) is 5.32 Å². The number of benzene rings is 1. The highest BCUT2D eigenvalue weighted by Crippen LogP contribution is 2.36. The molecule has 1 N–H and O–H groups in total. The number of carbonyl (C=O) groups is 2. The van der Waals surface area contributed by atoms with Crippen LogP contribution in [0.1, 0.15) is 25.3 Å². The first kappa shape index (κ1) is 12.7. The SMILES string of the molecule is CC(=O)NC1CCC(=O)C=C1c1ccc2c(c1)OCO2. The van der Waals surface area contributed by atoms with E-state index in [4.69, 9.17) is 9.47 Å². The van der Waals surface area contributed by atoms with Crippen molar-refractivity contribution < 1.29 is 19.1 Å². The van der Waals surface area contributed by atoms with Gasteiger partial charge in [-0.15, -0.1) is 0 Å². The number of ketones is 1. The Hall–Kier alpha value is -2.30. The van der Waals surface area contributed by atoms with Crippen LogP contribution >= 0.6 is 0 Å². The van der Waals surface area contributed by atoms with Gasteiger partial charge in [-0.3, -0.25) is 9.59 Å². The molecular weight excluding hydrogens is 258 g/mol. The van der Waals surface area contributed by atoms with E-state index in [9.17, 15) is 9.59 Å². The molecule has 20 heavy (non-hydrogen) atoms. The molecule has 1 atom stereocenters. The number of hydrogen-bond acceptors (Lipinski definition) is 4. The molecule has 1 aromatic rings. The summed E-state index contributed by atoms with van der Waals surface area (Å²) in [6, 6.07) is 5.42. The summed E-state index contributed by atoms with van der Waals surface area (Å²) < 4.78 is 10.6. The van der Waals surface area contributed by atoms with Gasteiger partial charge in [-0.1, -0.05) is 6.07 Å². The molecule has 2 aliphatic rings. The van der Waals surface area contributed by atoms with Crippen molar-refractivity contribution in [2.24, 2.45) is 0 Å². The lowest BCUT2D eigenvalue weighted by Gasteiger charge is -2.24. The van der Waals surface area contributed by atoms with Crippen molar-refractivity contribution in [2.75, 3.05) is 6.79 Å². The van der Waals surface area contributed by atoms with E-state index in [-0.39, 0.29) is 24.5 Å². The van der Waals surface area contributed by atoms with Crippen LogP contribution in [0.25, 0.3) is 5.57 Å². The molecule has 0 bridgehead atoms. The number of nitrogens with one attached hydrogen (secondary N) is 1. The molecule has 1 amide bonds. The predicted molar refractivity (Wildman–Crippen MR) is 72.4 cm³/mol. The fraction of sp³-hybridized carbons (Fsp3) is 0.333. The van der Waals surface area contributed by atoms with Gasteiger partial charge in [0, 0.05) is 13.3 Å². The smallest absolute Gasteiger partial charge is 0.231 e. The van der Waals surface area contributed by atoms with Gasteiger partial charge in [-0.25, -0.2) is 0 Å². The van der Waals surface area contributed by atoms with Gasteiger partial charge in [0.1, 0.15) is 0 Å². The molecular formula is C15H15NO4. The number of amides is 1. The summed E-state index contributed by atoms with van der Waals surface area (Å²) in [6.45, 7) is 1.69. The molecule has 0 fully saturated rings. The van der Waals surface area contributed by atoms with Crippen LogP contribution in [0.3, 0.4) is 0 Å². The standard InChI is InChI=1S/C15H15NO4/c1-9(17)16-13-4-3-11(18)7-12(13)10-2-5-14-15(6-10)20-8-19-14/h2,5-7,13H,3-4,8H2,1H3,(H,16,17). The second kappa shape index (κ2) is 5.00. The maximum Gasteiger partial charge on any atom is 0.231 e. The van der Waals surface area contributed by atoms with Gasteiger partial charge in [0.05, 0.1) is 6.04 Å². The Balaban J connectivity index is 1.96. The molecule has 1 unspecified atom stereocenters. The van der Waals surface area contributed by atoms with Crippen molar-refractivity contribution in [3.8, 4) is 11.5 Å². The summed E-state index contributed by atoms with van der Waals surface area (Å²) in [4.78, 5) is 23.0. The molecule has 0 spiro atoms. The van der Waals surface area contributed by atoms with Crippen LogP contribution in [0.4, 0.5) is 0 Å². The summed E-state index contributed by atoms with van der Waals surface area (Å²) in [5, 5.41) is 2.89. The van der Waals surface area contributed by atoms with Crippen molar-refractivity contribution in [3.63, 3.8) is 0 Å². The van der Waals surface area contributed by atoms with E-state index in [1.807, 2.05) is 18.2 Å². The number of allylic oxidation sites excluding steroid dienone is 1. The van der Waals surface area contributed by atoms with Crippen LogP contribution in [-0.4, -0.2) is 24.5 Å². The van der Waals surface area contributed by atoms with Crippen molar-refractivity contribution in [1.82, 2.24) is 5.32 Å². The van der Waals surface area contributed by atoms with Crippen molar-refractivity contribution in [2.45, 2.75) is 25.8 Å². The van der Waals surface area contributed by atoms with Gasteiger partial charge in [-0.05, 0) is 35.8 Å². The zero-order valence-corrected chi connectivity index (χ0v) is 11.1. The number of ether oxygens (including phenoxy) is 2. The van der Waals surface area contributed by atoms with Crippen LogP contribution in [0.5, 0.6) is 11.5 Å². The van der Waals surface area contributed by atoms with E-state index >= 15 is 0 Å². The van der Waals surface area contributed by atoms with E-state index in [0.717, 1.165) is 11.1 Å². The Bertz CT molecular complexity index is 606. The first-order valence-corrected chi connectivity index (χ1v) is 6.55. The highest BCUT2D eigenvalue weighted by Gasteiger charge is 2.25. The molecule has 0 radical (unpaired) electrons. The second-order valence-corrected chi connectivity index (χ2v) is 4.93. The average molecular weight is 273 g/mol. The molecule has 1 aliphatic heterocycles. The van der Waals surface area contributed by atoms with Crippen molar-refractivity contribution in [1.29, 1.82) is 0 Å². The summed E-state index contributed by atoms with van der Waals surface area (Å²) in [5.41, 5.74) is 1.70. The van der Waals surface area contributed by atoms with Gasteiger partial charge in [0.15, 0.2) is 17.3 Å². The Labute approximate surface area is 116 Å². The molecule has 1 aliphatic carbocycles.